The zero-order valence-corrected chi connectivity index (χ0v) is 12.3. The molecule has 0 atom stereocenters. The van der Waals surface area contributed by atoms with Gasteiger partial charge < -0.3 is 10.1 Å². The fourth-order valence-corrected chi connectivity index (χ4v) is 2.85. The first kappa shape index (κ1) is 12.9. The number of nitrogens with zero attached hydrogens (tertiary/aromatic N) is 3. The second kappa shape index (κ2) is 5.50. The Labute approximate surface area is 121 Å². The first-order chi connectivity index (χ1) is 9.78. The van der Waals surface area contributed by atoms with Crippen molar-refractivity contribution in [3.63, 3.8) is 0 Å². The highest BCUT2D eigenvalue weighted by Crippen LogP contribution is 2.30. The van der Waals surface area contributed by atoms with Crippen LogP contribution in [0.15, 0.2) is 30.6 Å². The minimum atomic E-state index is 0.672. The Morgan fingerprint density at radius 2 is 2.25 bits per heavy atom. The summed E-state index contributed by atoms with van der Waals surface area (Å²) in [6.45, 7) is 5.57. The summed E-state index contributed by atoms with van der Waals surface area (Å²) >= 11 is 1.61. The third-order valence-electron chi connectivity index (χ3n) is 2.88. The van der Waals surface area contributed by atoms with E-state index in [0.29, 0.717) is 6.61 Å². The predicted molar refractivity (Wildman–Crippen MR) is 82.0 cm³/mol. The minimum absolute atomic E-state index is 0.672. The molecule has 0 spiro atoms. The molecule has 0 amide bonds. The SMILES string of the molecule is CCOc1ccc2nc(Nc3cnn(CC)c3)sc2c1. The van der Waals surface area contributed by atoms with Gasteiger partial charge in [-0.3, -0.25) is 4.68 Å². The monoisotopic (exact) mass is 288 g/mol. The van der Waals surface area contributed by atoms with Gasteiger partial charge in [-0.2, -0.15) is 5.10 Å². The second-order valence-corrected chi connectivity index (χ2v) is 5.32. The van der Waals surface area contributed by atoms with Crippen molar-refractivity contribution in [2.45, 2.75) is 20.4 Å². The van der Waals surface area contributed by atoms with Crippen molar-refractivity contribution in [3.05, 3.63) is 30.6 Å². The summed E-state index contributed by atoms with van der Waals surface area (Å²) in [7, 11) is 0. The molecule has 6 heteroatoms. The highest BCUT2D eigenvalue weighted by Gasteiger charge is 2.06. The Bertz CT molecular complexity index is 719. The maximum atomic E-state index is 5.50. The van der Waals surface area contributed by atoms with Crippen molar-refractivity contribution < 1.29 is 4.74 Å². The number of aryl methyl sites for hydroxylation is 1. The van der Waals surface area contributed by atoms with E-state index < -0.39 is 0 Å². The number of aromatic nitrogens is 3. The van der Waals surface area contributed by atoms with E-state index in [1.807, 2.05) is 36.0 Å². The van der Waals surface area contributed by atoms with E-state index in [2.05, 4.69) is 22.3 Å². The Morgan fingerprint density at radius 3 is 3.00 bits per heavy atom. The lowest BCUT2D eigenvalue weighted by atomic mass is 10.3. The second-order valence-electron chi connectivity index (χ2n) is 4.29. The highest BCUT2D eigenvalue weighted by molar-refractivity contribution is 7.22. The Kier molecular flexibility index (Phi) is 3.56. The third-order valence-corrected chi connectivity index (χ3v) is 3.81. The van der Waals surface area contributed by atoms with Gasteiger partial charge in [0.2, 0.25) is 0 Å². The molecule has 0 fully saturated rings. The topological polar surface area (TPSA) is 52.0 Å². The largest absolute Gasteiger partial charge is 0.494 e. The number of rotatable bonds is 5. The Morgan fingerprint density at radius 1 is 1.35 bits per heavy atom. The molecule has 5 nitrogen and oxygen atoms in total. The van der Waals surface area contributed by atoms with Gasteiger partial charge in [-0.05, 0) is 32.0 Å². The molecule has 0 saturated carbocycles. The Balaban J connectivity index is 1.84. The normalized spacial score (nSPS) is 10.9. The average molecular weight is 288 g/mol. The van der Waals surface area contributed by atoms with E-state index in [1.54, 1.807) is 17.5 Å². The summed E-state index contributed by atoms with van der Waals surface area (Å²) in [4.78, 5) is 4.56. The molecule has 3 rings (SSSR count). The van der Waals surface area contributed by atoms with Crippen molar-refractivity contribution in [1.29, 1.82) is 0 Å². The van der Waals surface area contributed by atoms with Gasteiger partial charge in [0, 0.05) is 12.7 Å². The van der Waals surface area contributed by atoms with Crippen LogP contribution in [0.4, 0.5) is 10.8 Å². The van der Waals surface area contributed by atoms with Gasteiger partial charge in [0.05, 0.1) is 28.7 Å². The molecule has 2 aromatic heterocycles. The zero-order chi connectivity index (χ0) is 13.9. The fraction of sp³-hybridized carbons (Fsp3) is 0.286. The summed E-state index contributed by atoms with van der Waals surface area (Å²) in [5.41, 5.74) is 1.93. The van der Waals surface area contributed by atoms with Crippen LogP contribution in [0.25, 0.3) is 10.2 Å². The maximum Gasteiger partial charge on any atom is 0.188 e. The molecule has 104 valence electrons. The molecular weight excluding hydrogens is 272 g/mol. The van der Waals surface area contributed by atoms with E-state index in [1.165, 1.54) is 0 Å². The molecule has 0 aliphatic rings. The third kappa shape index (κ3) is 2.60. The number of ether oxygens (including phenoxy) is 1. The summed E-state index contributed by atoms with van der Waals surface area (Å²) in [6, 6.07) is 5.96. The van der Waals surface area contributed by atoms with Crippen LogP contribution in [0.2, 0.25) is 0 Å². The molecule has 0 unspecified atom stereocenters. The predicted octanol–water partition coefficient (Wildman–Crippen LogP) is 3.66. The fourth-order valence-electron chi connectivity index (χ4n) is 1.94. The van der Waals surface area contributed by atoms with Crippen LogP contribution < -0.4 is 10.1 Å². The molecule has 2 heterocycles. The summed E-state index contributed by atoms with van der Waals surface area (Å²) in [5, 5.41) is 8.38. The summed E-state index contributed by atoms with van der Waals surface area (Å²) in [6.07, 6.45) is 3.78. The number of benzene rings is 1. The first-order valence-corrected chi connectivity index (χ1v) is 7.43. The van der Waals surface area contributed by atoms with E-state index in [9.17, 15) is 0 Å². The Hall–Kier alpha value is -2.08. The van der Waals surface area contributed by atoms with Crippen LogP contribution in [0.1, 0.15) is 13.8 Å². The minimum Gasteiger partial charge on any atom is -0.494 e. The number of nitrogens with one attached hydrogen (secondary N) is 1. The molecular formula is C14H16N4OS. The first-order valence-electron chi connectivity index (χ1n) is 6.61. The van der Waals surface area contributed by atoms with Gasteiger partial charge in [-0.1, -0.05) is 11.3 Å². The van der Waals surface area contributed by atoms with E-state index in [4.69, 9.17) is 4.74 Å². The van der Waals surface area contributed by atoms with Gasteiger partial charge in [-0.15, -0.1) is 0 Å². The van der Waals surface area contributed by atoms with Crippen molar-refractivity contribution in [2.75, 3.05) is 11.9 Å². The molecule has 1 aromatic carbocycles. The molecule has 0 aliphatic heterocycles. The lowest BCUT2D eigenvalue weighted by Crippen LogP contribution is -1.92. The summed E-state index contributed by atoms with van der Waals surface area (Å²) in [5.74, 6) is 0.883. The number of hydrogen-bond acceptors (Lipinski definition) is 5. The van der Waals surface area contributed by atoms with Crippen molar-refractivity contribution in [2.24, 2.45) is 0 Å². The molecule has 0 radical (unpaired) electrons. The van der Waals surface area contributed by atoms with E-state index >= 15 is 0 Å². The van der Waals surface area contributed by atoms with Gasteiger partial charge >= 0.3 is 0 Å². The van der Waals surface area contributed by atoms with Crippen molar-refractivity contribution >= 4 is 32.4 Å². The van der Waals surface area contributed by atoms with Gasteiger partial charge in [0.1, 0.15) is 5.75 Å². The van der Waals surface area contributed by atoms with Crippen molar-refractivity contribution in [1.82, 2.24) is 14.8 Å². The number of hydrogen-bond donors (Lipinski definition) is 1. The molecule has 0 aliphatic carbocycles. The zero-order valence-electron chi connectivity index (χ0n) is 11.5. The van der Waals surface area contributed by atoms with E-state index in [0.717, 1.165) is 33.3 Å². The van der Waals surface area contributed by atoms with Gasteiger partial charge in [0.25, 0.3) is 0 Å². The number of anilines is 2. The van der Waals surface area contributed by atoms with Crippen LogP contribution in [0.5, 0.6) is 5.75 Å². The lowest BCUT2D eigenvalue weighted by Gasteiger charge is -2.00. The van der Waals surface area contributed by atoms with Crippen LogP contribution in [-0.4, -0.2) is 21.4 Å². The molecule has 3 aromatic rings. The highest BCUT2D eigenvalue weighted by atomic mass is 32.1. The maximum absolute atomic E-state index is 5.50. The van der Waals surface area contributed by atoms with Crippen molar-refractivity contribution in [3.8, 4) is 5.75 Å². The van der Waals surface area contributed by atoms with Gasteiger partial charge in [-0.25, -0.2) is 4.98 Å². The quantitative estimate of drug-likeness (QED) is 0.778. The van der Waals surface area contributed by atoms with Crippen LogP contribution >= 0.6 is 11.3 Å². The molecule has 0 bridgehead atoms. The standard InChI is InChI=1S/C14H16N4OS/c1-3-18-9-10(8-15-18)16-14-17-12-6-5-11(19-4-2)7-13(12)20-14/h5-9H,3-4H2,1-2H3,(H,16,17). The van der Waals surface area contributed by atoms with Crippen LogP contribution in [0, 0.1) is 0 Å². The van der Waals surface area contributed by atoms with Gasteiger partial charge in [0.15, 0.2) is 5.13 Å². The summed E-state index contributed by atoms with van der Waals surface area (Å²) < 4.78 is 8.49. The smallest absolute Gasteiger partial charge is 0.188 e. The molecule has 20 heavy (non-hydrogen) atoms. The number of thiazole rings is 1. The lowest BCUT2D eigenvalue weighted by molar-refractivity contribution is 0.341. The van der Waals surface area contributed by atoms with E-state index in [-0.39, 0.29) is 0 Å². The molecule has 0 saturated heterocycles. The van der Waals surface area contributed by atoms with Crippen LogP contribution in [-0.2, 0) is 6.54 Å². The molecule has 1 N–H and O–H groups in total. The average Bonchev–Trinajstić information content (AvgIpc) is 3.05. The van der Waals surface area contributed by atoms with Crippen LogP contribution in [0.3, 0.4) is 0 Å². The number of fused-ring (bicyclic) bond motifs is 1.